The maximum atomic E-state index is 12.7. The van der Waals surface area contributed by atoms with Gasteiger partial charge in [0.1, 0.15) is 15.4 Å². The fraction of sp³-hybridized carbons (Fsp3) is 0.545. The average Bonchev–Trinajstić information content (AvgIpc) is 2.72. The van der Waals surface area contributed by atoms with Gasteiger partial charge in [0, 0.05) is 6.54 Å². The fourth-order valence-corrected chi connectivity index (χ4v) is 6.04. The summed E-state index contributed by atoms with van der Waals surface area (Å²) < 4.78 is 26.9. The van der Waals surface area contributed by atoms with Crippen molar-refractivity contribution in [1.82, 2.24) is 4.31 Å². The van der Waals surface area contributed by atoms with Crippen LogP contribution in [-0.4, -0.2) is 31.5 Å². The number of carbonyl (C=O) groups excluding carboxylic acids is 1. The van der Waals surface area contributed by atoms with Crippen LogP contribution in [0.5, 0.6) is 0 Å². The summed E-state index contributed by atoms with van der Waals surface area (Å²) in [5.74, 6) is -0.0483. The summed E-state index contributed by atoms with van der Waals surface area (Å²) in [6, 6.07) is 1.32. The average molecular weight is 355 g/mol. The van der Waals surface area contributed by atoms with Gasteiger partial charge < -0.3 is 0 Å². The molecule has 1 aliphatic heterocycles. The Bertz CT molecular complexity index is 653. The van der Waals surface area contributed by atoms with E-state index in [1.165, 1.54) is 16.5 Å². The number of hydrogen-bond acceptors (Lipinski definition) is 5. The van der Waals surface area contributed by atoms with Crippen molar-refractivity contribution in [3.63, 3.8) is 0 Å². The number of halogens is 2. The van der Waals surface area contributed by atoms with E-state index in [0.717, 1.165) is 17.8 Å². The highest BCUT2D eigenvalue weighted by Gasteiger charge is 2.38. The number of piperidine rings is 1. The van der Waals surface area contributed by atoms with E-state index < -0.39 is 16.2 Å². The topological polar surface area (TPSA) is 66.8 Å². The van der Waals surface area contributed by atoms with Crippen LogP contribution in [0, 0.1) is 5.92 Å². The molecule has 0 radical (unpaired) electrons. The zero-order chi connectivity index (χ0) is 14.9. The molecule has 2 rings (SSSR count). The Morgan fingerprint density at radius 1 is 1.50 bits per heavy atom. The van der Waals surface area contributed by atoms with E-state index in [4.69, 9.17) is 23.2 Å². The Labute approximate surface area is 131 Å². The maximum Gasteiger partial charge on any atom is 0.247 e. The molecule has 1 saturated heterocycles. The monoisotopic (exact) mass is 354 g/mol. The molecule has 0 aliphatic carbocycles. The van der Waals surface area contributed by atoms with Crippen molar-refractivity contribution in [2.24, 2.45) is 10.9 Å². The number of thiophene rings is 1. The molecule has 20 heavy (non-hydrogen) atoms. The molecule has 2 atom stereocenters. The third kappa shape index (κ3) is 2.93. The molecule has 0 aromatic carbocycles. The largest absolute Gasteiger partial charge is 0.247 e. The number of sulfonamides is 1. The van der Waals surface area contributed by atoms with E-state index in [2.05, 4.69) is 4.99 Å². The molecule has 110 valence electrons. The van der Waals surface area contributed by atoms with Crippen molar-refractivity contribution in [3.05, 3.63) is 14.7 Å². The molecule has 0 spiro atoms. The van der Waals surface area contributed by atoms with E-state index >= 15 is 0 Å². The lowest BCUT2D eigenvalue weighted by atomic mass is 9.98. The minimum absolute atomic E-state index is 0.0330. The highest BCUT2D eigenvalue weighted by Crippen LogP contribution is 2.38. The second-order valence-electron chi connectivity index (χ2n) is 4.56. The molecular formula is C11H12Cl2N2O3S2. The summed E-state index contributed by atoms with van der Waals surface area (Å²) in [7, 11) is -3.82. The van der Waals surface area contributed by atoms with Gasteiger partial charge in [0.15, 0.2) is 0 Å². The van der Waals surface area contributed by atoms with Gasteiger partial charge >= 0.3 is 0 Å². The molecule has 0 bridgehead atoms. The first-order valence-electron chi connectivity index (χ1n) is 5.91. The zero-order valence-corrected chi connectivity index (χ0v) is 13.7. The third-order valence-corrected chi connectivity index (χ3v) is 6.86. The number of isocyanates is 1. The summed E-state index contributed by atoms with van der Waals surface area (Å²) in [6.07, 6.45) is 2.23. The van der Waals surface area contributed by atoms with Crippen LogP contribution in [-0.2, 0) is 14.8 Å². The Balaban J connectivity index is 2.46. The van der Waals surface area contributed by atoms with E-state index in [9.17, 15) is 13.2 Å². The number of aliphatic imine (C=N–C) groups is 1. The second kappa shape index (κ2) is 6.13. The number of rotatable bonds is 3. The van der Waals surface area contributed by atoms with E-state index in [0.29, 0.717) is 17.3 Å². The molecule has 5 nitrogen and oxygen atoms in total. The highest BCUT2D eigenvalue weighted by atomic mass is 35.5. The lowest BCUT2D eigenvalue weighted by molar-refractivity contribution is 0.194. The molecular weight excluding hydrogens is 343 g/mol. The van der Waals surface area contributed by atoms with Crippen molar-refractivity contribution in [3.8, 4) is 0 Å². The third-order valence-electron chi connectivity index (χ3n) is 3.24. The number of hydrogen-bond donors (Lipinski definition) is 0. The molecule has 2 unspecified atom stereocenters. The first-order chi connectivity index (χ1) is 9.37. The van der Waals surface area contributed by atoms with Crippen LogP contribution in [0.15, 0.2) is 16.0 Å². The summed E-state index contributed by atoms with van der Waals surface area (Å²) >= 11 is 12.7. The molecule has 0 saturated carbocycles. The zero-order valence-electron chi connectivity index (χ0n) is 10.5. The van der Waals surface area contributed by atoms with Crippen LogP contribution in [0.25, 0.3) is 0 Å². The van der Waals surface area contributed by atoms with E-state index in [1.54, 1.807) is 0 Å². The van der Waals surface area contributed by atoms with Gasteiger partial charge in [-0.1, -0.05) is 30.1 Å². The van der Waals surface area contributed by atoms with Gasteiger partial charge in [-0.2, -0.15) is 9.30 Å². The fourth-order valence-electron chi connectivity index (χ4n) is 2.27. The van der Waals surface area contributed by atoms with Crippen LogP contribution in [0.2, 0.25) is 8.67 Å². The molecule has 9 heteroatoms. The molecule has 1 aromatic rings. The minimum Gasteiger partial charge on any atom is -0.211 e. The van der Waals surface area contributed by atoms with Crippen LogP contribution in [0.3, 0.4) is 0 Å². The van der Waals surface area contributed by atoms with Gasteiger partial charge in [0.05, 0.1) is 4.34 Å². The van der Waals surface area contributed by atoms with Crippen LogP contribution < -0.4 is 0 Å². The van der Waals surface area contributed by atoms with Gasteiger partial charge in [-0.15, -0.1) is 11.3 Å². The maximum absolute atomic E-state index is 12.7. The predicted octanol–water partition coefficient (Wildman–Crippen LogP) is 3.14. The molecule has 1 fully saturated rings. The molecule has 2 heterocycles. The van der Waals surface area contributed by atoms with Crippen molar-refractivity contribution in [2.75, 3.05) is 6.54 Å². The van der Waals surface area contributed by atoms with Crippen molar-refractivity contribution < 1.29 is 13.2 Å². The van der Waals surface area contributed by atoms with Gasteiger partial charge in [-0.05, 0) is 24.8 Å². The van der Waals surface area contributed by atoms with Crippen LogP contribution in [0.1, 0.15) is 19.8 Å². The van der Waals surface area contributed by atoms with Crippen molar-refractivity contribution in [2.45, 2.75) is 30.8 Å². The lowest BCUT2D eigenvalue weighted by Gasteiger charge is -2.35. The Morgan fingerprint density at radius 3 is 2.75 bits per heavy atom. The molecule has 0 amide bonds. The van der Waals surface area contributed by atoms with Crippen LogP contribution in [0.4, 0.5) is 0 Å². The lowest BCUT2D eigenvalue weighted by Crippen LogP contribution is -2.46. The quantitative estimate of drug-likeness (QED) is 0.618. The second-order valence-corrected chi connectivity index (χ2v) is 8.70. The summed E-state index contributed by atoms with van der Waals surface area (Å²) in [4.78, 5) is 14.2. The molecule has 1 aliphatic rings. The van der Waals surface area contributed by atoms with E-state index in [1.807, 2.05) is 6.92 Å². The Hall–Kier alpha value is -0.430. The summed E-state index contributed by atoms with van der Waals surface area (Å²) in [6.45, 7) is 2.15. The molecule has 0 N–H and O–H groups in total. The van der Waals surface area contributed by atoms with E-state index in [-0.39, 0.29) is 15.1 Å². The SMILES string of the molecule is CC1CCCN(S(=O)(=O)c2cc(Cl)sc2Cl)C1N=C=O. The smallest absolute Gasteiger partial charge is 0.211 e. The first-order valence-corrected chi connectivity index (χ1v) is 8.93. The highest BCUT2D eigenvalue weighted by molar-refractivity contribution is 7.89. The predicted molar refractivity (Wildman–Crippen MR) is 78.5 cm³/mol. The first kappa shape index (κ1) is 15.9. The standard InChI is InChI=1S/C11H12Cl2N2O3S2/c1-7-3-2-4-15(11(7)14-6-16)20(17,18)8-5-9(12)19-10(8)13/h5,7,11H,2-4H2,1H3. The van der Waals surface area contributed by atoms with Crippen molar-refractivity contribution >= 4 is 50.6 Å². The normalized spacial score (nSPS) is 24.4. The Morgan fingerprint density at radius 2 is 2.20 bits per heavy atom. The van der Waals surface area contributed by atoms with Crippen LogP contribution >= 0.6 is 34.5 Å². The minimum atomic E-state index is -3.82. The Kier molecular flexibility index (Phi) is 4.89. The van der Waals surface area contributed by atoms with Gasteiger partial charge in [-0.3, -0.25) is 0 Å². The molecule has 1 aromatic heterocycles. The van der Waals surface area contributed by atoms with Crippen molar-refractivity contribution in [1.29, 1.82) is 0 Å². The summed E-state index contributed by atoms with van der Waals surface area (Å²) in [5.41, 5.74) is 0. The summed E-state index contributed by atoms with van der Waals surface area (Å²) in [5, 5.41) is 0. The van der Waals surface area contributed by atoms with Gasteiger partial charge in [0.2, 0.25) is 16.1 Å². The van der Waals surface area contributed by atoms with Gasteiger partial charge in [-0.25, -0.2) is 13.2 Å². The number of nitrogens with zero attached hydrogens (tertiary/aromatic N) is 2. The van der Waals surface area contributed by atoms with Gasteiger partial charge in [0.25, 0.3) is 0 Å².